The number of piperidine rings is 1. The van der Waals surface area contributed by atoms with Crippen molar-refractivity contribution in [1.29, 1.82) is 0 Å². The van der Waals surface area contributed by atoms with Crippen molar-refractivity contribution in [3.05, 3.63) is 63.6 Å². The van der Waals surface area contributed by atoms with E-state index in [9.17, 15) is 4.79 Å². The summed E-state index contributed by atoms with van der Waals surface area (Å²) in [5.74, 6) is 1.04. The van der Waals surface area contributed by atoms with Gasteiger partial charge in [-0.15, -0.1) is 0 Å². The van der Waals surface area contributed by atoms with Crippen LogP contribution in [0.2, 0.25) is 10.0 Å². The second-order valence-corrected chi connectivity index (χ2v) is 7.91. The highest BCUT2D eigenvalue weighted by atomic mass is 35.5. The first kappa shape index (κ1) is 21.0. The van der Waals surface area contributed by atoms with Gasteiger partial charge in [0.15, 0.2) is 0 Å². The summed E-state index contributed by atoms with van der Waals surface area (Å²) in [7, 11) is 0. The molecule has 2 aromatic carbocycles. The van der Waals surface area contributed by atoms with Crippen LogP contribution < -0.4 is 10.1 Å². The molecule has 0 saturated carbocycles. The normalized spacial score (nSPS) is 15.4. The summed E-state index contributed by atoms with van der Waals surface area (Å²) in [5, 5.41) is 4.23. The van der Waals surface area contributed by atoms with E-state index < -0.39 is 0 Å². The van der Waals surface area contributed by atoms with Crippen molar-refractivity contribution in [2.45, 2.75) is 32.9 Å². The molecular formula is C22H26Cl2N2O2. The van der Waals surface area contributed by atoms with Crippen LogP contribution in [0.15, 0.2) is 42.5 Å². The van der Waals surface area contributed by atoms with Crippen molar-refractivity contribution in [1.82, 2.24) is 10.2 Å². The lowest BCUT2D eigenvalue weighted by Crippen LogP contribution is -2.40. The van der Waals surface area contributed by atoms with Gasteiger partial charge < -0.3 is 10.1 Å². The van der Waals surface area contributed by atoms with Crippen molar-refractivity contribution in [3.63, 3.8) is 0 Å². The predicted octanol–water partition coefficient (Wildman–Crippen LogP) is 4.92. The summed E-state index contributed by atoms with van der Waals surface area (Å²) in [6.07, 6.45) is 1.73. The van der Waals surface area contributed by atoms with Crippen LogP contribution in [-0.2, 0) is 17.9 Å². The third-order valence-electron chi connectivity index (χ3n) is 5.02. The molecule has 4 nitrogen and oxygen atoms in total. The second kappa shape index (κ2) is 10.1. The first-order valence-electron chi connectivity index (χ1n) is 9.71. The quantitative estimate of drug-likeness (QED) is 0.690. The monoisotopic (exact) mass is 420 g/mol. The Balaban J connectivity index is 1.44. The Morgan fingerprint density at radius 3 is 2.61 bits per heavy atom. The Morgan fingerprint density at radius 2 is 1.89 bits per heavy atom. The Bertz CT molecular complexity index is 805. The number of hydrogen-bond acceptors (Lipinski definition) is 3. The summed E-state index contributed by atoms with van der Waals surface area (Å²) in [5.41, 5.74) is 2.20. The molecular weight excluding hydrogens is 395 g/mol. The third kappa shape index (κ3) is 5.87. The Kier molecular flexibility index (Phi) is 7.60. The van der Waals surface area contributed by atoms with Crippen molar-refractivity contribution >= 4 is 29.1 Å². The first-order valence-corrected chi connectivity index (χ1v) is 10.5. The average molecular weight is 421 g/mol. The van der Waals surface area contributed by atoms with Crippen LogP contribution in [0.25, 0.3) is 0 Å². The van der Waals surface area contributed by atoms with E-state index in [-0.39, 0.29) is 11.8 Å². The van der Waals surface area contributed by atoms with E-state index in [2.05, 4.69) is 10.2 Å². The smallest absolute Gasteiger partial charge is 0.223 e. The molecule has 0 atom stereocenters. The van der Waals surface area contributed by atoms with Gasteiger partial charge in [0, 0.05) is 19.0 Å². The van der Waals surface area contributed by atoms with Gasteiger partial charge in [-0.1, -0.05) is 41.4 Å². The SMILES string of the molecule is CCOc1cccc(CNC(=O)C2CCN(Cc3ccc(Cl)c(Cl)c3)CC2)c1. The number of carbonyl (C=O) groups is 1. The van der Waals surface area contributed by atoms with E-state index in [1.165, 1.54) is 0 Å². The summed E-state index contributed by atoms with van der Waals surface area (Å²) in [6.45, 7) is 5.76. The molecule has 150 valence electrons. The molecule has 0 aliphatic carbocycles. The molecule has 0 bridgehead atoms. The zero-order chi connectivity index (χ0) is 19.9. The van der Waals surface area contributed by atoms with Gasteiger partial charge >= 0.3 is 0 Å². The minimum atomic E-state index is 0.0696. The topological polar surface area (TPSA) is 41.6 Å². The molecule has 1 N–H and O–H groups in total. The highest BCUT2D eigenvalue weighted by Crippen LogP contribution is 2.25. The molecule has 1 heterocycles. The van der Waals surface area contributed by atoms with Gasteiger partial charge in [-0.25, -0.2) is 0 Å². The van der Waals surface area contributed by atoms with Gasteiger partial charge in [-0.2, -0.15) is 0 Å². The standard InChI is InChI=1S/C22H26Cl2N2O2/c1-2-28-19-5-3-4-16(12-19)14-25-22(27)18-8-10-26(11-9-18)15-17-6-7-20(23)21(24)13-17/h3-7,12-13,18H,2,8-11,14-15H2,1H3,(H,25,27). The fraction of sp³-hybridized carbons (Fsp3) is 0.409. The van der Waals surface area contributed by atoms with Crippen molar-refractivity contribution in [3.8, 4) is 5.75 Å². The van der Waals surface area contributed by atoms with Gasteiger partial charge in [-0.3, -0.25) is 9.69 Å². The van der Waals surface area contributed by atoms with E-state index >= 15 is 0 Å². The molecule has 0 unspecified atom stereocenters. The molecule has 6 heteroatoms. The lowest BCUT2D eigenvalue weighted by atomic mass is 9.95. The minimum Gasteiger partial charge on any atom is -0.494 e. The van der Waals surface area contributed by atoms with Gasteiger partial charge in [0.1, 0.15) is 5.75 Å². The van der Waals surface area contributed by atoms with E-state index in [0.717, 1.165) is 49.4 Å². The van der Waals surface area contributed by atoms with E-state index in [4.69, 9.17) is 27.9 Å². The highest BCUT2D eigenvalue weighted by molar-refractivity contribution is 6.42. The third-order valence-corrected chi connectivity index (χ3v) is 5.76. The zero-order valence-electron chi connectivity index (χ0n) is 16.1. The maximum absolute atomic E-state index is 12.5. The van der Waals surface area contributed by atoms with E-state index in [1.807, 2.05) is 49.4 Å². The Hall–Kier alpha value is -1.75. The van der Waals surface area contributed by atoms with Crippen LogP contribution in [-0.4, -0.2) is 30.5 Å². The maximum Gasteiger partial charge on any atom is 0.223 e. The molecule has 1 fully saturated rings. The number of amides is 1. The number of ether oxygens (including phenoxy) is 1. The lowest BCUT2D eigenvalue weighted by Gasteiger charge is -2.31. The van der Waals surface area contributed by atoms with Crippen LogP contribution in [0.3, 0.4) is 0 Å². The van der Waals surface area contributed by atoms with Crippen molar-refractivity contribution in [2.24, 2.45) is 5.92 Å². The number of hydrogen-bond donors (Lipinski definition) is 1. The second-order valence-electron chi connectivity index (χ2n) is 7.10. The van der Waals surface area contributed by atoms with Crippen molar-refractivity contribution < 1.29 is 9.53 Å². The van der Waals surface area contributed by atoms with Gasteiger partial charge in [0.05, 0.1) is 16.7 Å². The van der Waals surface area contributed by atoms with Crippen LogP contribution in [0.4, 0.5) is 0 Å². The number of rotatable bonds is 7. The molecule has 0 spiro atoms. The van der Waals surface area contributed by atoms with Gasteiger partial charge in [0.25, 0.3) is 0 Å². The molecule has 0 radical (unpaired) electrons. The number of nitrogens with zero attached hydrogens (tertiary/aromatic N) is 1. The Morgan fingerprint density at radius 1 is 1.11 bits per heavy atom. The summed E-state index contributed by atoms with van der Waals surface area (Å²) >= 11 is 12.1. The van der Waals surface area contributed by atoms with Gasteiger partial charge in [0.2, 0.25) is 5.91 Å². The summed E-state index contributed by atoms with van der Waals surface area (Å²) in [4.78, 5) is 14.9. The largest absolute Gasteiger partial charge is 0.494 e. The van der Waals surface area contributed by atoms with Crippen LogP contribution in [0.5, 0.6) is 5.75 Å². The highest BCUT2D eigenvalue weighted by Gasteiger charge is 2.24. The number of likely N-dealkylation sites (tertiary alicyclic amines) is 1. The molecule has 1 amide bonds. The molecule has 1 aliphatic heterocycles. The summed E-state index contributed by atoms with van der Waals surface area (Å²) < 4.78 is 5.51. The first-order chi connectivity index (χ1) is 13.5. The molecule has 1 aliphatic rings. The Labute approximate surface area is 176 Å². The summed E-state index contributed by atoms with van der Waals surface area (Å²) in [6, 6.07) is 13.6. The fourth-order valence-electron chi connectivity index (χ4n) is 3.49. The maximum atomic E-state index is 12.5. The lowest BCUT2D eigenvalue weighted by molar-refractivity contribution is -0.126. The van der Waals surface area contributed by atoms with E-state index in [1.54, 1.807) is 0 Å². The molecule has 28 heavy (non-hydrogen) atoms. The average Bonchev–Trinajstić information content (AvgIpc) is 2.70. The van der Waals surface area contributed by atoms with Crippen LogP contribution in [0.1, 0.15) is 30.9 Å². The molecule has 2 aromatic rings. The number of carbonyl (C=O) groups excluding carboxylic acids is 1. The van der Waals surface area contributed by atoms with Gasteiger partial charge in [-0.05, 0) is 68.2 Å². The van der Waals surface area contributed by atoms with Crippen molar-refractivity contribution in [2.75, 3.05) is 19.7 Å². The van der Waals surface area contributed by atoms with Crippen LogP contribution >= 0.6 is 23.2 Å². The zero-order valence-corrected chi connectivity index (χ0v) is 17.6. The molecule has 1 saturated heterocycles. The fourth-order valence-corrected chi connectivity index (χ4v) is 3.82. The van der Waals surface area contributed by atoms with Crippen LogP contribution in [0, 0.1) is 5.92 Å². The number of nitrogens with one attached hydrogen (secondary N) is 1. The van der Waals surface area contributed by atoms with E-state index in [0.29, 0.717) is 23.2 Å². The molecule has 0 aromatic heterocycles. The minimum absolute atomic E-state index is 0.0696. The number of halogens is 2. The predicted molar refractivity (Wildman–Crippen MR) is 114 cm³/mol. The number of benzene rings is 2. The molecule has 3 rings (SSSR count).